The Bertz CT molecular complexity index is 403. The van der Waals surface area contributed by atoms with E-state index in [1.807, 2.05) is 13.8 Å². The monoisotopic (exact) mass is 273 g/mol. The van der Waals surface area contributed by atoms with Crippen molar-refractivity contribution in [3.8, 4) is 0 Å². The lowest BCUT2D eigenvalue weighted by molar-refractivity contribution is -0.144. The third-order valence-corrected chi connectivity index (χ3v) is 3.04. The number of methoxy groups -OCH3 is 1. The minimum Gasteiger partial charge on any atom is -0.468 e. The Balaban J connectivity index is 2.76. The van der Waals surface area contributed by atoms with Gasteiger partial charge in [-0.15, -0.1) is 0 Å². The minimum absolute atomic E-state index is 0.0444. The van der Waals surface area contributed by atoms with Gasteiger partial charge in [0.2, 0.25) is 0 Å². The summed E-state index contributed by atoms with van der Waals surface area (Å²) in [5, 5.41) is 3.31. The molecule has 1 aromatic carbocycles. The van der Waals surface area contributed by atoms with Crippen LogP contribution in [0.25, 0.3) is 0 Å². The number of hydrogen-bond acceptors (Lipinski definition) is 3. The Hall–Kier alpha value is -1.13. The average molecular weight is 274 g/mol. The fraction of sp³-hybridized carbons (Fsp3) is 0.462. The van der Waals surface area contributed by atoms with Crippen LogP contribution < -0.4 is 5.32 Å². The van der Waals surface area contributed by atoms with E-state index < -0.39 is 6.04 Å². The Kier molecular flexibility index (Phi) is 5.56. The second-order valence-corrected chi connectivity index (χ2v) is 4.73. The van der Waals surface area contributed by atoms with Crippen LogP contribution in [0.3, 0.4) is 0 Å². The normalized spacial score (nSPS) is 12.6. The van der Waals surface area contributed by atoms with Gasteiger partial charge in [-0.05, 0) is 18.1 Å². The van der Waals surface area contributed by atoms with E-state index in [-0.39, 0.29) is 24.2 Å². The van der Waals surface area contributed by atoms with Gasteiger partial charge in [0.15, 0.2) is 0 Å². The van der Waals surface area contributed by atoms with Gasteiger partial charge in [0.05, 0.1) is 7.11 Å². The summed E-state index contributed by atoms with van der Waals surface area (Å²) in [7, 11) is 1.33. The average Bonchev–Trinajstić information content (AvgIpc) is 2.31. The zero-order valence-corrected chi connectivity index (χ0v) is 11.4. The molecule has 0 saturated heterocycles. The summed E-state index contributed by atoms with van der Waals surface area (Å²) in [4.78, 5) is 11.5. The van der Waals surface area contributed by atoms with Gasteiger partial charge in [0.1, 0.15) is 11.9 Å². The molecule has 5 heteroatoms. The Labute approximate surface area is 111 Å². The molecule has 0 saturated carbocycles. The van der Waals surface area contributed by atoms with Crippen molar-refractivity contribution in [1.29, 1.82) is 0 Å². The minimum atomic E-state index is -0.481. The van der Waals surface area contributed by atoms with Crippen molar-refractivity contribution in [2.45, 2.75) is 26.4 Å². The SMILES string of the molecule is COC(=O)C(NCc1c(F)cccc1Cl)C(C)C. The maximum absolute atomic E-state index is 13.5. The predicted octanol–water partition coefficient (Wildman–Crippen LogP) is 2.77. The highest BCUT2D eigenvalue weighted by Crippen LogP contribution is 2.19. The van der Waals surface area contributed by atoms with Gasteiger partial charge in [-0.3, -0.25) is 10.1 Å². The Morgan fingerprint density at radius 1 is 1.50 bits per heavy atom. The first-order valence-corrected chi connectivity index (χ1v) is 6.09. The number of benzene rings is 1. The number of esters is 1. The molecule has 0 bridgehead atoms. The van der Waals surface area contributed by atoms with Gasteiger partial charge in [-0.1, -0.05) is 31.5 Å². The summed E-state index contributed by atoms with van der Waals surface area (Å²) in [5.41, 5.74) is 0.355. The summed E-state index contributed by atoms with van der Waals surface area (Å²) in [5.74, 6) is -0.706. The van der Waals surface area contributed by atoms with E-state index in [4.69, 9.17) is 16.3 Å². The van der Waals surface area contributed by atoms with Gasteiger partial charge < -0.3 is 4.74 Å². The van der Waals surface area contributed by atoms with Gasteiger partial charge in [-0.25, -0.2) is 4.39 Å². The van der Waals surface area contributed by atoms with Crippen molar-refractivity contribution in [2.24, 2.45) is 5.92 Å². The largest absolute Gasteiger partial charge is 0.468 e. The van der Waals surface area contributed by atoms with Crippen LogP contribution >= 0.6 is 11.6 Å². The summed E-state index contributed by atoms with van der Waals surface area (Å²) >= 11 is 5.91. The highest BCUT2D eigenvalue weighted by molar-refractivity contribution is 6.31. The van der Waals surface area contributed by atoms with Crippen LogP contribution in [0, 0.1) is 11.7 Å². The van der Waals surface area contributed by atoms with Crippen LogP contribution in [0.15, 0.2) is 18.2 Å². The van der Waals surface area contributed by atoms with Crippen molar-refractivity contribution >= 4 is 17.6 Å². The Morgan fingerprint density at radius 2 is 2.17 bits per heavy atom. The number of rotatable bonds is 5. The molecule has 0 aliphatic rings. The summed E-state index contributed by atoms with van der Waals surface area (Å²) in [6.45, 7) is 3.96. The van der Waals surface area contributed by atoms with E-state index in [0.29, 0.717) is 10.6 Å². The molecular weight excluding hydrogens is 257 g/mol. The number of ether oxygens (including phenoxy) is 1. The van der Waals surface area contributed by atoms with Gasteiger partial charge in [0.25, 0.3) is 0 Å². The molecule has 0 aliphatic carbocycles. The number of carbonyl (C=O) groups excluding carboxylic acids is 1. The topological polar surface area (TPSA) is 38.3 Å². The molecule has 0 spiro atoms. The maximum atomic E-state index is 13.5. The lowest BCUT2D eigenvalue weighted by Gasteiger charge is -2.20. The van der Waals surface area contributed by atoms with Crippen molar-refractivity contribution < 1.29 is 13.9 Å². The molecule has 0 heterocycles. The van der Waals surface area contributed by atoms with Crippen LogP contribution in [0.2, 0.25) is 5.02 Å². The Morgan fingerprint density at radius 3 is 2.67 bits per heavy atom. The van der Waals surface area contributed by atoms with Gasteiger partial charge >= 0.3 is 5.97 Å². The van der Waals surface area contributed by atoms with Crippen molar-refractivity contribution in [3.05, 3.63) is 34.6 Å². The molecule has 0 aromatic heterocycles. The second-order valence-electron chi connectivity index (χ2n) is 4.33. The lowest BCUT2D eigenvalue weighted by Crippen LogP contribution is -2.41. The zero-order valence-electron chi connectivity index (χ0n) is 10.7. The van der Waals surface area contributed by atoms with Gasteiger partial charge in [0, 0.05) is 17.1 Å². The summed E-state index contributed by atoms with van der Waals surface area (Å²) in [6, 6.07) is 4.02. The van der Waals surface area contributed by atoms with Crippen molar-refractivity contribution in [2.75, 3.05) is 7.11 Å². The van der Waals surface area contributed by atoms with Crippen molar-refractivity contribution in [3.63, 3.8) is 0 Å². The lowest BCUT2D eigenvalue weighted by atomic mass is 10.0. The third kappa shape index (κ3) is 3.68. The number of nitrogens with one attached hydrogen (secondary N) is 1. The molecule has 0 fully saturated rings. The molecule has 1 N–H and O–H groups in total. The van der Waals surface area contributed by atoms with E-state index in [1.165, 1.54) is 13.2 Å². The van der Waals surface area contributed by atoms with E-state index in [9.17, 15) is 9.18 Å². The highest BCUT2D eigenvalue weighted by Gasteiger charge is 2.22. The number of hydrogen-bond donors (Lipinski definition) is 1. The van der Waals surface area contributed by atoms with E-state index >= 15 is 0 Å². The smallest absolute Gasteiger partial charge is 0.323 e. The molecular formula is C13H17ClFNO2. The molecule has 1 unspecified atom stereocenters. The van der Waals surface area contributed by atoms with Crippen LogP contribution in [0.5, 0.6) is 0 Å². The van der Waals surface area contributed by atoms with Crippen LogP contribution in [-0.2, 0) is 16.1 Å². The van der Waals surface area contributed by atoms with Gasteiger partial charge in [-0.2, -0.15) is 0 Å². The first-order chi connectivity index (χ1) is 8.47. The summed E-state index contributed by atoms with van der Waals surface area (Å²) < 4.78 is 18.2. The second kappa shape index (κ2) is 6.71. The fourth-order valence-corrected chi connectivity index (χ4v) is 1.86. The van der Waals surface area contributed by atoms with Crippen molar-refractivity contribution in [1.82, 2.24) is 5.32 Å². The molecule has 1 rings (SSSR count). The van der Waals surface area contributed by atoms with Crippen LogP contribution in [-0.4, -0.2) is 19.1 Å². The molecule has 1 atom stereocenters. The quantitative estimate of drug-likeness (QED) is 0.839. The molecule has 0 radical (unpaired) electrons. The van der Waals surface area contributed by atoms with Crippen LogP contribution in [0.4, 0.5) is 4.39 Å². The summed E-state index contributed by atoms with van der Waals surface area (Å²) in [6.07, 6.45) is 0. The third-order valence-electron chi connectivity index (χ3n) is 2.68. The number of halogens is 2. The maximum Gasteiger partial charge on any atom is 0.323 e. The molecule has 0 amide bonds. The molecule has 18 heavy (non-hydrogen) atoms. The van der Waals surface area contributed by atoms with E-state index in [2.05, 4.69) is 5.32 Å². The molecule has 0 aliphatic heterocycles. The number of carbonyl (C=O) groups is 1. The molecule has 100 valence electrons. The fourth-order valence-electron chi connectivity index (χ4n) is 1.63. The van der Waals surface area contributed by atoms with E-state index in [0.717, 1.165) is 0 Å². The first kappa shape index (κ1) is 14.9. The molecule has 1 aromatic rings. The highest BCUT2D eigenvalue weighted by atomic mass is 35.5. The zero-order chi connectivity index (χ0) is 13.7. The predicted molar refractivity (Wildman–Crippen MR) is 68.9 cm³/mol. The standard InChI is InChI=1S/C13H17ClFNO2/c1-8(2)12(13(17)18-3)16-7-9-10(14)5-4-6-11(9)15/h4-6,8,12,16H,7H2,1-3H3. The first-order valence-electron chi connectivity index (χ1n) is 5.71. The molecule has 3 nitrogen and oxygen atoms in total. The van der Waals surface area contributed by atoms with E-state index in [1.54, 1.807) is 12.1 Å². The van der Waals surface area contributed by atoms with Crippen LogP contribution in [0.1, 0.15) is 19.4 Å².